The SMILES string of the molecule is COc1cccc(N2C(=O)C(Nc3ccccc3OC)=C(c3ccc(C)cc3C)C2=O)c1. The Bertz CT molecular complexity index is 1250. The fraction of sp³-hybridized carbons (Fsp3) is 0.154. The molecule has 3 aromatic carbocycles. The van der Waals surface area contributed by atoms with Crippen LogP contribution in [0.3, 0.4) is 0 Å². The van der Waals surface area contributed by atoms with Crippen molar-refractivity contribution in [2.24, 2.45) is 0 Å². The molecule has 0 fully saturated rings. The fourth-order valence-corrected chi connectivity index (χ4v) is 3.86. The highest BCUT2D eigenvalue weighted by Gasteiger charge is 2.41. The molecule has 1 aliphatic rings. The largest absolute Gasteiger partial charge is 0.497 e. The van der Waals surface area contributed by atoms with Crippen LogP contribution in [0.2, 0.25) is 0 Å². The van der Waals surface area contributed by atoms with Crippen LogP contribution in [0, 0.1) is 13.8 Å². The molecule has 1 N–H and O–H groups in total. The van der Waals surface area contributed by atoms with E-state index in [1.807, 2.05) is 44.2 Å². The van der Waals surface area contributed by atoms with E-state index in [0.29, 0.717) is 34.0 Å². The molecule has 0 radical (unpaired) electrons. The summed E-state index contributed by atoms with van der Waals surface area (Å²) in [7, 11) is 3.10. The molecule has 162 valence electrons. The molecule has 4 rings (SSSR count). The molecule has 0 unspecified atom stereocenters. The van der Waals surface area contributed by atoms with Gasteiger partial charge in [-0.1, -0.05) is 42.0 Å². The third-order valence-electron chi connectivity index (χ3n) is 5.41. The second-order valence-electron chi connectivity index (χ2n) is 7.54. The zero-order chi connectivity index (χ0) is 22.8. The minimum Gasteiger partial charge on any atom is -0.497 e. The normalized spacial score (nSPS) is 13.6. The van der Waals surface area contributed by atoms with Gasteiger partial charge in [0.25, 0.3) is 11.8 Å². The average molecular weight is 428 g/mol. The third kappa shape index (κ3) is 3.71. The highest BCUT2D eigenvalue weighted by Crippen LogP contribution is 2.37. The van der Waals surface area contributed by atoms with Crippen LogP contribution in [0.4, 0.5) is 11.4 Å². The predicted octanol–water partition coefficient (Wildman–Crippen LogP) is 4.72. The lowest BCUT2D eigenvalue weighted by Gasteiger charge is -2.16. The maximum atomic E-state index is 13.6. The van der Waals surface area contributed by atoms with Gasteiger partial charge in [-0.2, -0.15) is 0 Å². The van der Waals surface area contributed by atoms with Crippen LogP contribution < -0.4 is 19.7 Å². The van der Waals surface area contributed by atoms with Crippen LogP contribution in [-0.2, 0) is 9.59 Å². The highest BCUT2D eigenvalue weighted by molar-refractivity contribution is 6.46. The number of benzene rings is 3. The Labute approximate surface area is 187 Å². The van der Waals surface area contributed by atoms with E-state index in [0.717, 1.165) is 11.1 Å². The number of imide groups is 1. The van der Waals surface area contributed by atoms with E-state index < -0.39 is 11.8 Å². The standard InChI is InChI=1S/C26H24N2O4/c1-16-12-13-20(17(2)14-16)23-24(27-21-10-5-6-11-22(21)32-4)26(30)28(25(23)29)18-8-7-9-19(15-18)31-3/h5-15,27H,1-4H3. The monoisotopic (exact) mass is 428 g/mol. The van der Waals surface area contributed by atoms with Gasteiger partial charge in [0, 0.05) is 6.07 Å². The molecule has 0 spiro atoms. The first-order valence-electron chi connectivity index (χ1n) is 10.2. The fourth-order valence-electron chi connectivity index (χ4n) is 3.86. The lowest BCUT2D eigenvalue weighted by molar-refractivity contribution is -0.120. The van der Waals surface area contributed by atoms with Crippen molar-refractivity contribution >= 4 is 28.8 Å². The van der Waals surface area contributed by atoms with Crippen molar-refractivity contribution in [3.8, 4) is 11.5 Å². The quantitative estimate of drug-likeness (QED) is 0.576. The second-order valence-corrected chi connectivity index (χ2v) is 7.54. The van der Waals surface area contributed by atoms with Crippen molar-refractivity contribution in [2.45, 2.75) is 13.8 Å². The Balaban J connectivity index is 1.87. The molecule has 0 aromatic heterocycles. The molecule has 6 heteroatoms. The molecule has 0 saturated heterocycles. The Hall–Kier alpha value is -4.06. The molecule has 32 heavy (non-hydrogen) atoms. The number of hydrogen-bond donors (Lipinski definition) is 1. The molecule has 1 heterocycles. The smallest absolute Gasteiger partial charge is 0.282 e. The van der Waals surface area contributed by atoms with E-state index in [2.05, 4.69) is 5.32 Å². The Morgan fingerprint density at radius 3 is 2.31 bits per heavy atom. The van der Waals surface area contributed by atoms with Crippen molar-refractivity contribution in [1.82, 2.24) is 0 Å². The van der Waals surface area contributed by atoms with Crippen molar-refractivity contribution in [1.29, 1.82) is 0 Å². The molecule has 0 saturated carbocycles. The summed E-state index contributed by atoms with van der Waals surface area (Å²) in [5, 5.41) is 3.17. The number of ether oxygens (including phenoxy) is 2. The number of carbonyl (C=O) groups excluding carboxylic acids is 2. The summed E-state index contributed by atoms with van der Waals surface area (Å²) in [4.78, 5) is 28.4. The predicted molar refractivity (Wildman–Crippen MR) is 125 cm³/mol. The molecule has 0 atom stereocenters. The number of carbonyl (C=O) groups is 2. The van der Waals surface area contributed by atoms with Crippen LogP contribution in [0.5, 0.6) is 11.5 Å². The van der Waals surface area contributed by atoms with E-state index in [1.165, 1.54) is 4.90 Å². The zero-order valence-electron chi connectivity index (χ0n) is 18.4. The van der Waals surface area contributed by atoms with Gasteiger partial charge >= 0.3 is 0 Å². The van der Waals surface area contributed by atoms with E-state index in [-0.39, 0.29) is 5.70 Å². The van der Waals surface area contributed by atoms with Crippen molar-refractivity contribution in [3.05, 3.63) is 89.1 Å². The van der Waals surface area contributed by atoms with E-state index in [9.17, 15) is 9.59 Å². The summed E-state index contributed by atoms with van der Waals surface area (Å²) in [6.45, 7) is 3.92. The van der Waals surface area contributed by atoms with Crippen molar-refractivity contribution < 1.29 is 19.1 Å². The second kappa shape index (κ2) is 8.59. The average Bonchev–Trinajstić information content (AvgIpc) is 3.03. The highest BCUT2D eigenvalue weighted by atomic mass is 16.5. The van der Waals surface area contributed by atoms with E-state index in [1.54, 1.807) is 50.6 Å². The van der Waals surface area contributed by atoms with Crippen LogP contribution in [0.25, 0.3) is 5.57 Å². The summed E-state index contributed by atoms with van der Waals surface area (Å²) < 4.78 is 10.7. The topological polar surface area (TPSA) is 67.9 Å². The lowest BCUT2D eigenvalue weighted by atomic mass is 9.97. The number of methoxy groups -OCH3 is 2. The summed E-state index contributed by atoms with van der Waals surface area (Å²) in [6.07, 6.45) is 0. The van der Waals surface area contributed by atoms with Gasteiger partial charge in [-0.05, 0) is 49.2 Å². The zero-order valence-corrected chi connectivity index (χ0v) is 18.4. The minimum atomic E-state index is -0.441. The Morgan fingerprint density at radius 1 is 0.812 bits per heavy atom. The maximum Gasteiger partial charge on any atom is 0.282 e. The summed E-state index contributed by atoms with van der Waals surface area (Å²) >= 11 is 0. The Kier molecular flexibility index (Phi) is 5.69. The maximum absolute atomic E-state index is 13.6. The van der Waals surface area contributed by atoms with Crippen LogP contribution >= 0.6 is 0 Å². The van der Waals surface area contributed by atoms with Crippen molar-refractivity contribution in [3.63, 3.8) is 0 Å². The van der Waals surface area contributed by atoms with Gasteiger partial charge in [0.15, 0.2) is 0 Å². The van der Waals surface area contributed by atoms with Crippen LogP contribution in [0.15, 0.2) is 72.4 Å². The van der Waals surface area contributed by atoms with Gasteiger partial charge in [-0.25, -0.2) is 4.90 Å². The molecule has 1 aliphatic heterocycles. The number of rotatable bonds is 6. The molecular weight excluding hydrogens is 404 g/mol. The van der Waals surface area contributed by atoms with Gasteiger partial charge in [0.05, 0.1) is 31.2 Å². The van der Waals surface area contributed by atoms with Gasteiger partial charge < -0.3 is 14.8 Å². The first-order valence-corrected chi connectivity index (χ1v) is 10.2. The third-order valence-corrected chi connectivity index (χ3v) is 5.41. The minimum absolute atomic E-state index is 0.203. The summed E-state index contributed by atoms with van der Waals surface area (Å²) in [5.74, 6) is 0.291. The number of nitrogens with zero attached hydrogens (tertiary/aromatic N) is 1. The van der Waals surface area contributed by atoms with Gasteiger partial charge in [-0.3, -0.25) is 9.59 Å². The van der Waals surface area contributed by atoms with Gasteiger partial charge in [0.2, 0.25) is 0 Å². The molecule has 2 amide bonds. The van der Waals surface area contributed by atoms with Crippen molar-refractivity contribution in [2.75, 3.05) is 24.4 Å². The number of amides is 2. The van der Waals surface area contributed by atoms with E-state index in [4.69, 9.17) is 9.47 Å². The Morgan fingerprint density at radius 2 is 1.59 bits per heavy atom. The number of nitrogens with one attached hydrogen (secondary N) is 1. The summed E-state index contributed by atoms with van der Waals surface area (Å²) in [6, 6.07) is 20.0. The van der Waals surface area contributed by atoms with Crippen LogP contribution in [-0.4, -0.2) is 26.0 Å². The van der Waals surface area contributed by atoms with Gasteiger partial charge in [-0.15, -0.1) is 0 Å². The lowest BCUT2D eigenvalue weighted by Crippen LogP contribution is -2.32. The molecule has 0 bridgehead atoms. The first kappa shape index (κ1) is 21.2. The summed E-state index contributed by atoms with van der Waals surface area (Å²) in [5.41, 5.74) is 4.26. The van der Waals surface area contributed by atoms with E-state index >= 15 is 0 Å². The number of aryl methyl sites for hydroxylation is 2. The number of para-hydroxylation sites is 2. The molecule has 3 aromatic rings. The molecular formula is C26H24N2O4. The number of hydrogen-bond acceptors (Lipinski definition) is 5. The van der Waals surface area contributed by atoms with Crippen LogP contribution in [0.1, 0.15) is 16.7 Å². The molecule has 0 aliphatic carbocycles. The number of anilines is 2. The van der Waals surface area contributed by atoms with Gasteiger partial charge in [0.1, 0.15) is 17.2 Å². The first-order chi connectivity index (χ1) is 15.4. The molecule has 6 nitrogen and oxygen atoms in total.